The van der Waals surface area contributed by atoms with E-state index < -0.39 is 5.54 Å². The SMILES string of the molecule is CCOCC(C)(N)c1noc(CC2CCSCC2)n1. The van der Waals surface area contributed by atoms with Gasteiger partial charge in [-0.3, -0.25) is 0 Å². The Labute approximate surface area is 118 Å². The lowest BCUT2D eigenvalue weighted by Gasteiger charge is -2.20. The molecule has 0 radical (unpaired) electrons. The van der Waals surface area contributed by atoms with Crippen molar-refractivity contribution in [2.75, 3.05) is 24.7 Å². The molecule has 0 amide bonds. The molecule has 19 heavy (non-hydrogen) atoms. The normalized spacial score (nSPS) is 20.4. The first-order valence-electron chi connectivity index (χ1n) is 6.89. The summed E-state index contributed by atoms with van der Waals surface area (Å²) in [5.41, 5.74) is 5.48. The van der Waals surface area contributed by atoms with Crippen molar-refractivity contribution >= 4 is 11.8 Å². The van der Waals surface area contributed by atoms with Gasteiger partial charge in [0, 0.05) is 13.0 Å². The minimum Gasteiger partial charge on any atom is -0.379 e. The lowest BCUT2D eigenvalue weighted by atomic mass is 9.99. The van der Waals surface area contributed by atoms with Crippen LogP contribution in [-0.2, 0) is 16.7 Å². The second kappa shape index (κ2) is 6.72. The minimum atomic E-state index is -0.680. The number of hydrogen-bond acceptors (Lipinski definition) is 6. The highest BCUT2D eigenvalue weighted by molar-refractivity contribution is 7.99. The number of thioether (sulfide) groups is 1. The van der Waals surface area contributed by atoms with E-state index >= 15 is 0 Å². The predicted molar refractivity (Wildman–Crippen MR) is 76.1 cm³/mol. The van der Waals surface area contributed by atoms with Gasteiger partial charge in [-0.2, -0.15) is 16.7 Å². The van der Waals surface area contributed by atoms with Gasteiger partial charge >= 0.3 is 0 Å². The zero-order valence-corrected chi connectivity index (χ0v) is 12.5. The molecule has 1 unspecified atom stereocenters. The molecule has 0 bridgehead atoms. The molecule has 2 rings (SSSR count). The Bertz CT molecular complexity index is 389. The number of aromatic nitrogens is 2. The van der Waals surface area contributed by atoms with Crippen LogP contribution in [0.15, 0.2) is 4.52 Å². The van der Waals surface area contributed by atoms with Gasteiger partial charge in [0.05, 0.1) is 6.61 Å². The molecule has 2 heterocycles. The van der Waals surface area contributed by atoms with Crippen molar-refractivity contribution < 1.29 is 9.26 Å². The summed E-state index contributed by atoms with van der Waals surface area (Å²) in [6.07, 6.45) is 3.35. The van der Waals surface area contributed by atoms with Crippen LogP contribution in [0.3, 0.4) is 0 Å². The van der Waals surface area contributed by atoms with E-state index in [0.29, 0.717) is 30.8 Å². The molecule has 5 nitrogen and oxygen atoms in total. The molecule has 1 atom stereocenters. The average molecular weight is 285 g/mol. The van der Waals surface area contributed by atoms with Gasteiger partial charge in [-0.15, -0.1) is 0 Å². The monoisotopic (exact) mass is 285 g/mol. The van der Waals surface area contributed by atoms with Crippen LogP contribution < -0.4 is 5.73 Å². The maximum absolute atomic E-state index is 6.16. The van der Waals surface area contributed by atoms with Crippen LogP contribution in [0, 0.1) is 5.92 Å². The molecule has 0 aromatic carbocycles. The van der Waals surface area contributed by atoms with Gasteiger partial charge in [0.2, 0.25) is 5.89 Å². The van der Waals surface area contributed by atoms with Gasteiger partial charge in [0.15, 0.2) is 5.82 Å². The summed E-state index contributed by atoms with van der Waals surface area (Å²) in [4.78, 5) is 4.44. The van der Waals surface area contributed by atoms with Crippen LogP contribution in [0.25, 0.3) is 0 Å². The average Bonchev–Trinajstić information content (AvgIpc) is 2.87. The van der Waals surface area contributed by atoms with Gasteiger partial charge < -0.3 is 15.0 Å². The molecule has 0 aliphatic carbocycles. The quantitative estimate of drug-likeness (QED) is 0.861. The summed E-state index contributed by atoms with van der Waals surface area (Å²) in [6.45, 7) is 4.85. The van der Waals surface area contributed by atoms with Crippen molar-refractivity contribution in [1.29, 1.82) is 0 Å². The fraction of sp³-hybridized carbons (Fsp3) is 0.846. The van der Waals surface area contributed by atoms with Crippen LogP contribution in [0.5, 0.6) is 0 Å². The van der Waals surface area contributed by atoms with Crippen LogP contribution in [0.2, 0.25) is 0 Å². The fourth-order valence-electron chi connectivity index (χ4n) is 2.15. The topological polar surface area (TPSA) is 74.2 Å². The molecule has 1 fully saturated rings. The highest BCUT2D eigenvalue weighted by Crippen LogP contribution is 2.26. The van der Waals surface area contributed by atoms with Crippen molar-refractivity contribution in [3.8, 4) is 0 Å². The minimum absolute atomic E-state index is 0.405. The summed E-state index contributed by atoms with van der Waals surface area (Å²) in [5, 5.41) is 4.01. The summed E-state index contributed by atoms with van der Waals surface area (Å²) < 4.78 is 10.7. The zero-order chi connectivity index (χ0) is 13.7. The number of ether oxygens (including phenoxy) is 1. The third-order valence-corrected chi connectivity index (χ3v) is 4.44. The summed E-state index contributed by atoms with van der Waals surface area (Å²) >= 11 is 2.02. The first kappa shape index (κ1) is 14.8. The van der Waals surface area contributed by atoms with Crippen LogP contribution in [-0.4, -0.2) is 34.9 Å². The van der Waals surface area contributed by atoms with Crippen molar-refractivity contribution in [1.82, 2.24) is 10.1 Å². The smallest absolute Gasteiger partial charge is 0.226 e. The molecule has 0 saturated carbocycles. The number of rotatable bonds is 6. The van der Waals surface area contributed by atoms with E-state index in [1.165, 1.54) is 24.3 Å². The Morgan fingerprint density at radius 2 is 2.21 bits per heavy atom. The molecule has 0 spiro atoms. The van der Waals surface area contributed by atoms with Crippen molar-refractivity contribution in [3.63, 3.8) is 0 Å². The maximum atomic E-state index is 6.16. The molecule has 1 saturated heterocycles. The van der Waals surface area contributed by atoms with E-state index in [0.717, 1.165) is 6.42 Å². The first-order valence-corrected chi connectivity index (χ1v) is 8.04. The van der Waals surface area contributed by atoms with Crippen LogP contribution in [0.1, 0.15) is 38.4 Å². The first-order chi connectivity index (χ1) is 9.12. The van der Waals surface area contributed by atoms with Crippen molar-refractivity contribution in [2.24, 2.45) is 11.7 Å². The maximum Gasteiger partial charge on any atom is 0.226 e. The molecular formula is C13H23N3O2S. The van der Waals surface area contributed by atoms with Crippen molar-refractivity contribution in [2.45, 2.75) is 38.6 Å². The Morgan fingerprint density at radius 1 is 1.47 bits per heavy atom. The third-order valence-electron chi connectivity index (χ3n) is 3.39. The van der Waals surface area contributed by atoms with Gasteiger partial charge in [-0.05, 0) is 44.1 Å². The van der Waals surface area contributed by atoms with E-state index in [4.69, 9.17) is 15.0 Å². The van der Waals surface area contributed by atoms with Crippen LogP contribution >= 0.6 is 11.8 Å². The molecular weight excluding hydrogens is 262 g/mol. The second-order valence-corrected chi connectivity index (χ2v) is 6.55. The molecule has 1 aliphatic rings. The molecule has 1 aromatic heterocycles. The lowest BCUT2D eigenvalue weighted by Crippen LogP contribution is -2.39. The third kappa shape index (κ3) is 4.19. The summed E-state index contributed by atoms with van der Waals surface area (Å²) in [7, 11) is 0. The lowest BCUT2D eigenvalue weighted by molar-refractivity contribution is 0.0962. The second-order valence-electron chi connectivity index (χ2n) is 5.33. The van der Waals surface area contributed by atoms with E-state index in [2.05, 4.69) is 10.1 Å². The van der Waals surface area contributed by atoms with E-state index in [9.17, 15) is 0 Å². The van der Waals surface area contributed by atoms with Gasteiger partial charge in [0.25, 0.3) is 0 Å². The van der Waals surface area contributed by atoms with Gasteiger partial charge in [0.1, 0.15) is 5.54 Å². The van der Waals surface area contributed by atoms with Crippen LogP contribution in [0.4, 0.5) is 0 Å². The zero-order valence-electron chi connectivity index (χ0n) is 11.7. The highest BCUT2D eigenvalue weighted by atomic mass is 32.2. The summed E-state index contributed by atoms with van der Waals surface area (Å²) in [6, 6.07) is 0. The Hall–Kier alpha value is -0.590. The Balaban J connectivity index is 1.93. The van der Waals surface area contributed by atoms with E-state index in [1.807, 2.05) is 25.6 Å². The number of nitrogens with zero attached hydrogens (tertiary/aromatic N) is 2. The molecule has 108 valence electrons. The summed E-state index contributed by atoms with van der Waals surface area (Å²) in [5.74, 6) is 4.40. The molecule has 1 aromatic rings. The largest absolute Gasteiger partial charge is 0.379 e. The molecule has 1 aliphatic heterocycles. The molecule has 2 N–H and O–H groups in total. The van der Waals surface area contributed by atoms with E-state index in [1.54, 1.807) is 0 Å². The van der Waals surface area contributed by atoms with Crippen molar-refractivity contribution in [3.05, 3.63) is 11.7 Å². The van der Waals surface area contributed by atoms with Gasteiger partial charge in [-0.1, -0.05) is 5.16 Å². The Kier molecular flexibility index (Phi) is 5.24. The number of hydrogen-bond donors (Lipinski definition) is 1. The molecule has 6 heteroatoms. The Morgan fingerprint density at radius 3 is 2.89 bits per heavy atom. The van der Waals surface area contributed by atoms with E-state index in [-0.39, 0.29) is 0 Å². The highest BCUT2D eigenvalue weighted by Gasteiger charge is 2.28. The number of nitrogens with two attached hydrogens (primary N) is 1. The standard InChI is InChI=1S/C13H23N3O2S/c1-3-17-9-13(2,14)12-15-11(18-16-12)8-10-4-6-19-7-5-10/h10H,3-9,14H2,1-2H3. The predicted octanol–water partition coefficient (Wildman–Crippen LogP) is 1.97. The van der Waals surface area contributed by atoms with Gasteiger partial charge in [-0.25, -0.2) is 0 Å². The fourth-order valence-corrected chi connectivity index (χ4v) is 3.35.